The molecule has 3 rings (SSSR count). The zero-order valence-electron chi connectivity index (χ0n) is 10.7. The summed E-state index contributed by atoms with van der Waals surface area (Å²) >= 11 is 0. The predicted molar refractivity (Wildman–Crippen MR) is 68.1 cm³/mol. The van der Waals surface area contributed by atoms with Crippen LogP contribution in [0.2, 0.25) is 0 Å². The van der Waals surface area contributed by atoms with Gasteiger partial charge in [0.2, 0.25) is 5.78 Å². The number of hydrogen-bond donors (Lipinski definition) is 1. The summed E-state index contributed by atoms with van der Waals surface area (Å²) in [5.74, 6) is 1.03. The van der Waals surface area contributed by atoms with Crippen molar-refractivity contribution in [2.24, 2.45) is 5.92 Å². The van der Waals surface area contributed by atoms with Gasteiger partial charge in [-0.3, -0.25) is 9.30 Å². The van der Waals surface area contributed by atoms with Crippen molar-refractivity contribution in [1.29, 1.82) is 0 Å². The van der Waals surface area contributed by atoms with E-state index in [9.17, 15) is 5.11 Å². The molecule has 1 aliphatic heterocycles. The Bertz CT molecular complexity index is 524. The normalized spacial score (nSPS) is 19.3. The van der Waals surface area contributed by atoms with Gasteiger partial charge in [-0.1, -0.05) is 13.8 Å². The van der Waals surface area contributed by atoms with Crippen molar-refractivity contribution in [3.8, 4) is 0 Å². The van der Waals surface area contributed by atoms with E-state index in [0.717, 1.165) is 31.1 Å². The van der Waals surface area contributed by atoms with Crippen LogP contribution in [-0.2, 0) is 6.54 Å². The molecule has 3 heterocycles. The van der Waals surface area contributed by atoms with Crippen LogP contribution in [0, 0.1) is 5.92 Å². The molecule has 0 amide bonds. The van der Waals surface area contributed by atoms with E-state index in [4.69, 9.17) is 0 Å². The average molecular weight is 246 g/mol. The van der Waals surface area contributed by atoms with Crippen molar-refractivity contribution in [2.75, 3.05) is 13.1 Å². The molecule has 1 fully saturated rings. The van der Waals surface area contributed by atoms with Crippen molar-refractivity contribution in [1.82, 2.24) is 19.3 Å². The highest BCUT2D eigenvalue weighted by Gasteiger charge is 2.43. The first-order chi connectivity index (χ1) is 8.57. The maximum Gasteiger partial charge on any atom is 0.233 e. The summed E-state index contributed by atoms with van der Waals surface area (Å²) in [6.07, 6.45) is 5.68. The van der Waals surface area contributed by atoms with Gasteiger partial charge in [-0.2, -0.15) is 0 Å². The lowest BCUT2D eigenvalue weighted by molar-refractivity contribution is -0.131. The molecule has 96 valence electrons. The number of β-amino-alcohol motifs (C(OH)–C–C–N with tert-alkyl or cyclic N) is 1. The minimum absolute atomic E-state index is 0.302. The van der Waals surface area contributed by atoms with Crippen LogP contribution >= 0.6 is 0 Å². The fourth-order valence-electron chi connectivity index (χ4n) is 2.39. The monoisotopic (exact) mass is 246 g/mol. The molecule has 0 atom stereocenters. The summed E-state index contributed by atoms with van der Waals surface area (Å²) in [6.45, 7) is 6.36. The highest BCUT2D eigenvalue weighted by molar-refractivity contribution is 5.29. The van der Waals surface area contributed by atoms with Crippen LogP contribution < -0.4 is 0 Å². The van der Waals surface area contributed by atoms with Crippen molar-refractivity contribution >= 4 is 5.78 Å². The molecule has 1 aliphatic rings. The van der Waals surface area contributed by atoms with Gasteiger partial charge in [0.15, 0.2) is 0 Å². The van der Waals surface area contributed by atoms with Crippen LogP contribution in [0.3, 0.4) is 0 Å². The zero-order valence-corrected chi connectivity index (χ0v) is 10.7. The Labute approximate surface area is 106 Å². The molecule has 0 aromatic carbocycles. The van der Waals surface area contributed by atoms with E-state index < -0.39 is 5.60 Å². The lowest BCUT2D eigenvalue weighted by atomic mass is 9.83. The van der Waals surface area contributed by atoms with Gasteiger partial charge in [-0.25, -0.2) is 9.97 Å². The molecule has 2 aromatic heterocycles. The molecule has 1 N–H and O–H groups in total. The first-order valence-corrected chi connectivity index (χ1v) is 6.30. The van der Waals surface area contributed by atoms with Gasteiger partial charge in [0.05, 0.1) is 11.3 Å². The summed E-state index contributed by atoms with van der Waals surface area (Å²) in [5.41, 5.74) is 0.483. The predicted octanol–water partition coefficient (Wildman–Crippen LogP) is 0.932. The lowest BCUT2D eigenvalue weighted by Gasteiger charge is -2.48. The third kappa shape index (κ3) is 1.89. The second kappa shape index (κ2) is 4.03. The molecule has 0 aliphatic carbocycles. The van der Waals surface area contributed by atoms with Crippen molar-refractivity contribution in [3.05, 3.63) is 30.4 Å². The van der Waals surface area contributed by atoms with Gasteiger partial charge in [-0.05, 0) is 12.0 Å². The molecule has 0 saturated carbocycles. The molecular weight excluding hydrogens is 228 g/mol. The largest absolute Gasteiger partial charge is 0.387 e. The minimum atomic E-state index is -0.516. The van der Waals surface area contributed by atoms with Gasteiger partial charge >= 0.3 is 0 Å². The van der Waals surface area contributed by atoms with Crippen LogP contribution in [0.15, 0.2) is 24.7 Å². The van der Waals surface area contributed by atoms with Gasteiger partial charge in [-0.15, -0.1) is 0 Å². The van der Waals surface area contributed by atoms with Crippen LogP contribution in [0.1, 0.15) is 19.5 Å². The van der Waals surface area contributed by atoms with E-state index in [1.54, 1.807) is 6.20 Å². The summed E-state index contributed by atoms with van der Waals surface area (Å²) in [5, 5.41) is 10.2. The second-order valence-corrected chi connectivity index (χ2v) is 5.46. The number of aromatic nitrogens is 3. The van der Waals surface area contributed by atoms with Crippen molar-refractivity contribution in [3.63, 3.8) is 0 Å². The fourth-order valence-corrected chi connectivity index (χ4v) is 2.39. The number of nitrogens with zero attached hydrogens (tertiary/aromatic N) is 4. The molecule has 0 bridgehead atoms. The molecular formula is C13H18N4O. The van der Waals surface area contributed by atoms with E-state index >= 15 is 0 Å². The van der Waals surface area contributed by atoms with Crippen LogP contribution in [0.25, 0.3) is 5.78 Å². The SMILES string of the molecule is CC(C)C1(O)CN(Cc2cn3cccnc3n2)C1. The number of rotatable bonds is 3. The van der Waals surface area contributed by atoms with Crippen molar-refractivity contribution in [2.45, 2.75) is 26.0 Å². The molecule has 18 heavy (non-hydrogen) atoms. The van der Waals surface area contributed by atoms with Gasteiger partial charge < -0.3 is 5.11 Å². The molecule has 5 heteroatoms. The topological polar surface area (TPSA) is 53.7 Å². The van der Waals surface area contributed by atoms with Crippen LogP contribution in [-0.4, -0.2) is 43.1 Å². The first-order valence-electron chi connectivity index (χ1n) is 6.30. The number of fused-ring (bicyclic) bond motifs is 1. The number of imidazole rings is 1. The third-order valence-corrected chi connectivity index (χ3v) is 3.74. The molecule has 2 aromatic rings. The smallest absolute Gasteiger partial charge is 0.233 e. The molecule has 1 saturated heterocycles. The highest BCUT2D eigenvalue weighted by atomic mass is 16.3. The Balaban J connectivity index is 1.68. The van der Waals surface area contributed by atoms with Gasteiger partial charge in [0.1, 0.15) is 0 Å². The Morgan fingerprint density at radius 2 is 2.22 bits per heavy atom. The Hall–Kier alpha value is -1.46. The maximum atomic E-state index is 10.2. The number of aliphatic hydroxyl groups is 1. The molecule has 0 unspecified atom stereocenters. The van der Waals surface area contributed by atoms with E-state index in [2.05, 4.69) is 28.7 Å². The van der Waals surface area contributed by atoms with Gasteiger partial charge in [0.25, 0.3) is 0 Å². The lowest BCUT2D eigenvalue weighted by Crippen LogP contribution is -2.63. The molecule has 5 nitrogen and oxygen atoms in total. The quantitative estimate of drug-likeness (QED) is 0.875. The summed E-state index contributed by atoms with van der Waals surface area (Å²) < 4.78 is 1.92. The highest BCUT2D eigenvalue weighted by Crippen LogP contribution is 2.29. The van der Waals surface area contributed by atoms with Crippen LogP contribution in [0.5, 0.6) is 0 Å². The zero-order chi connectivity index (χ0) is 12.8. The standard InChI is InChI=1S/C13H18N4O/c1-10(2)13(18)8-16(9-13)6-11-7-17-5-3-4-14-12(17)15-11/h3-5,7,10,18H,6,8-9H2,1-2H3. The molecule has 0 radical (unpaired) electrons. The Kier molecular flexibility index (Phi) is 2.60. The first kappa shape index (κ1) is 11.6. The Morgan fingerprint density at radius 1 is 1.44 bits per heavy atom. The fraction of sp³-hybridized carbons (Fsp3) is 0.538. The number of hydrogen-bond acceptors (Lipinski definition) is 4. The third-order valence-electron chi connectivity index (χ3n) is 3.74. The van der Waals surface area contributed by atoms with E-state index in [0.29, 0.717) is 5.92 Å². The van der Waals surface area contributed by atoms with Gasteiger partial charge in [0, 0.05) is 38.2 Å². The summed E-state index contributed by atoms with van der Waals surface area (Å²) in [6, 6.07) is 1.89. The number of likely N-dealkylation sites (tertiary alicyclic amines) is 1. The summed E-state index contributed by atoms with van der Waals surface area (Å²) in [7, 11) is 0. The van der Waals surface area contributed by atoms with E-state index in [-0.39, 0.29) is 0 Å². The minimum Gasteiger partial charge on any atom is -0.387 e. The average Bonchev–Trinajstić information content (AvgIpc) is 2.68. The maximum absolute atomic E-state index is 10.2. The van der Waals surface area contributed by atoms with E-state index in [1.807, 2.05) is 22.9 Å². The second-order valence-electron chi connectivity index (χ2n) is 5.46. The Morgan fingerprint density at radius 3 is 2.89 bits per heavy atom. The van der Waals surface area contributed by atoms with Crippen LogP contribution in [0.4, 0.5) is 0 Å². The summed E-state index contributed by atoms with van der Waals surface area (Å²) in [4.78, 5) is 10.9. The molecule has 0 spiro atoms. The van der Waals surface area contributed by atoms with E-state index in [1.165, 1.54) is 0 Å². The van der Waals surface area contributed by atoms with Crippen molar-refractivity contribution < 1.29 is 5.11 Å².